The van der Waals surface area contributed by atoms with Gasteiger partial charge in [-0.15, -0.1) is 0 Å². The second-order valence-electron chi connectivity index (χ2n) is 3.90. The molecule has 0 saturated heterocycles. The van der Waals surface area contributed by atoms with Crippen molar-refractivity contribution in [3.8, 4) is 6.07 Å². The van der Waals surface area contributed by atoms with Crippen LogP contribution in [-0.4, -0.2) is 24.7 Å². The Morgan fingerprint density at radius 3 is 2.76 bits per heavy atom. The smallest absolute Gasteiger partial charge is 0.308 e. The van der Waals surface area contributed by atoms with Gasteiger partial charge in [0.15, 0.2) is 0 Å². The summed E-state index contributed by atoms with van der Waals surface area (Å²) < 4.78 is 0.715. The van der Waals surface area contributed by atoms with Gasteiger partial charge in [-0.05, 0) is 34.1 Å². The molecular weight excluding hydrogens is 284 g/mol. The van der Waals surface area contributed by atoms with Crippen LogP contribution in [0.1, 0.15) is 12.5 Å². The van der Waals surface area contributed by atoms with Crippen molar-refractivity contribution in [1.29, 1.82) is 5.26 Å². The lowest BCUT2D eigenvalue weighted by molar-refractivity contribution is -0.140. The van der Waals surface area contributed by atoms with Crippen molar-refractivity contribution in [2.45, 2.75) is 6.92 Å². The van der Waals surface area contributed by atoms with Crippen molar-refractivity contribution in [3.05, 3.63) is 28.2 Å². The molecule has 0 aliphatic heterocycles. The van der Waals surface area contributed by atoms with Crippen LogP contribution in [0.4, 0.5) is 5.69 Å². The number of nitrogens with zero attached hydrogens (tertiary/aromatic N) is 2. The molecule has 0 heterocycles. The SMILES string of the molecule is CC(CN(C)c1ccc(C#N)c(Br)c1)C(=O)O. The lowest BCUT2D eigenvalue weighted by atomic mass is 10.1. The van der Waals surface area contributed by atoms with Crippen LogP contribution < -0.4 is 4.90 Å². The predicted octanol–water partition coefficient (Wildman–Crippen LogP) is 2.48. The van der Waals surface area contributed by atoms with Crippen LogP contribution in [0.3, 0.4) is 0 Å². The van der Waals surface area contributed by atoms with Crippen LogP contribution in [0, 0.1) is 17.2 Å². The number of halogens is 1. The summed E-state index contributed by atoms with van der Waals surface area (Å²) in [5, 5.41) is 17.6. The standard InChI is InChI=1S/C12H13BrN2O2/c1-8(12(16)17)7-15(2)10-4-3-9(6-14)11(13)5-10/h3-5,8H,7H2,1-2H3,(H,16,17). The minimum Gasteiger partial charge on any atom is -0.481 e. The van der Waals surface area contributed by atoms with Gasteiger partial charge >= 0.3 is 5.97 Å². The first-order chi connectivity index (χ1) is 7.95. The monoisotopic (exact) mass is 296 g/mol. The summed E-state index contributed by atoms with van der Waals surface area (Å²) in [5.74, 6) is -1.25. The van der Waals surface area contributed by atoms with Gasteiger partial charge in [-0.3, -0.25) is 4.79 Å². The summed E-state index contributed by atoms with van der Waals surface area (Å²) in [7, 11) is 1.83. The molecule has 5 heteroatoms. The number of rotatable bonds is 4. The first kappa shape index (κ1) is 13.5. The summed E-state index contributed by atoms with van der Waals surface area (Å²) >= 11 is 3.31. The van der Waals surface area contributed by atoms with E-state index in [1.807, 2.05) is 18.0 Å². The molecule has 1 aromatic rings. The molecule has 0 fully saturated rings. The number of nitriles is 1. The average molecular weight is 297 g/mol. The van der Waals surface area contributed by atoms with Crippen LogP contribution in [0.15, 0.2) is 22.7 Å². The molecule has 0 spiro atoms. The van der Waals surface area contributed by atoms with E-state index >= 15 is 0 Å². The lowest BCUT2D eigenvalue weighted by Crippen LogP contribution is -2.28. The highest BCUT2D eigenvalue weighted by Gasteiger charge is 2.14. The quantitative estimate of drug-likeness (QED) is 0.927. The number of aliphatic carboxylic acids is 1. The third kappa shape index (κ3) is 3.46. The minimum atomic E-state index is -0.815. The number of carboxylic acid groups (broad SMARTS) is 1. The van der Waals surface area contributed by atoms with Gasteiger partial charge in [0.05, 0.1) is 11.5 Å². The molecule has 1 rings (SSSR count). The fourth-order valence-corrected chi connectivity index (χ4v) is 1.88. The van der Waals surface area contributed by atoms with Gasteiger partial charge in [-0.1, -0.05) is 6.92 Å². The molecule has 1 N–H and O–H groups in total. The van der Waals surface area contributed by atoms with Crippen LogP contribution >= 0.6 is 15.9 Å². The Bertz CT molecular complexity index is 468. The maximum atomic E-state index is 10.8. The molecule has 0 bridgehead atoms. The Morgan fingerprint density at radius 1 is 1.65 bits per heavy atom. The van der Waals surface area contributed by atoms with E-state index in [9.17, 15) is 4.79 Å². The number of carboxylic acids is 1. The fraction of sp³-hybridized carbons (Fsp3) is 0.333. The molecule has 1 atom stereocenters. The lowest BCUT2D eigenvalue weighted by Gasteiger charge is -2.21. The van der Waals surface area contributed by atoms with E-state index in [4.69, 9.17) is 10.4 Å². The Balaban J connectivity index is 2.83. The molecule has 0 saturated carbocycles. The molecule has 0 aromatic heterocycles. The van der Waals surface area contributed by atoms with Crippen molar-refractivity contribution >= 4 is 27.6 Å². The summed E-state index contributed by atoms with van der Waals surface area (Å²) in [6, 6.07) is 7.39. The van der Waals surface area contributed by atoms with Gasteiger partial charge in [0.1, 0.15) is 6.07 Å². The van der Waals surface area contributed by atoms with Gasteiger partial charge < -0.3 is 10.0 Å². The summed E-state index contributed by atoms with van der Waals surface area (Å²) in [5.41, 5.74) is 1.44. The van der Waals surface area contributed by atoms with Gasteiger partial charge in [0, 0.05) is 23.8 Å². The molecule has 1 aromatic carbocycles. The number of benzene rings is 1. The van der Waals surface area contributed by atoms with E-state index in [1.54, 1.807) is 19.1 Å². The third-order valence-electron chi connectivity index (χ3n) is 2.48. The zero-order chi connectivity index (χ0) is 13.0. The largest absolute Gasteiger partial charge is 0.481 e. The molecule has 0 radical (unpaired) electrons. The van der Waals surface area contributed by atoms with E-state index in [0.717, 1.165) is 5.69 Å². The first-order valence-corrected chi connectivity index (χ1v) is 5.88. The second-order valence-corrected chi connectivity index (χ2v) is 4.75. The summed E-state index contributed by atoms with van der Waals surface area (Å²) in [4.78, 5) is 12.6. The van der Waals surface area contributed by atoms with Crippen molar-refractivity contribution in [2.75, 3.05) is 18.5 Å². The molecule has 0 aliphatic rings. The van der Waals surface area contributed by atoms with Crippen molar-refractivity contribution < 1.29 is 9.90 Å². The third-order valence-corrected chi connectivity index (χ3v) is 3.14. The first-order valence-electron chi connectivity index (χ1n) is 5.09. The zero-order valence-electron chi connectivity index (χ0n) is 9.64. The predicted molar refractivity (Wildman–Crippen MR) is 68.9 cm³/mol. The minimum absolute atomic E-state index is 0.424. The molecule has 17 heavy (non-hydrogen) atoms. The Hall–Kier alpha value is -1.54. The molecule has 4 nitrogen and oxygen atoms in total. The average Bonchev–Trinajstić information content (AvgIpc) is 2.28. The maximum absolute atomic E-state index is 10.8. The van der Waals surface area contributed by atoms with Crippen LogP contribution in [0.2, 0.25) is 0 Å². The Morgan fingerprint density at radius 2 is 2.29 bits per heavy atom. The number of hydrogen-bond acceptors (Lipinski definition) is 3. The Kier molecular flexibility index (Phi) is 4.53. The normalized spacial score (nSPS) is 11.6. The fourth-order valence-electron chi connectivity index (χ4n) is 1.43. The highest BCUT2D eigenvalue weighted by atomic mass is 79.9. The highest BCUT2D eigenvalue weighted by Crippen LogP contribution is 2.23. The van der Waals surface area contributed by atoms with E-state index in [-0.39, 0.29) is 0 Å². The van der Waals surface area contributed by atoms with Crippen molar-refractivity contribution in [2.24, 2.45) is 5.92 Å². The number of carbonyl (C=O) groups is 1. The van der Waals surface area contributed by atoms with Crippen LogP contribution in [-0.2, 0) is 4.79 Å². The molecule has 0 aliphatic carbocycles. The van der Waals surface area contributed by atoms with Gasteiger partial charge in [-0.2, -0.15) is 5.26 Å². The molecule has 1 unspecified atom stereocenters. The molecular formula is C12H13BrN2O2. The van der Waals surface area contributed by atoms with Crippen LogP contribution in [0.5, 0.6) is 0 Å². The van der Waals surface area contributed by atoms with E-state index < -0.39 is 11.9 Å². The topological polar surface area (TPSA) is 64.3 Å². The second kappa shape index (κ2) is 5.69. The van der Waals surface area contributed by atoms with E-state index in [1.165, 1.54) is 0 Å². The van der Waals surface area contributed by atoms with Crippen LogP contribution in [0.25, 0.3) is 0 Å². The summed E-state index contributed by atoms with van der Waals surface area (Å²) in [6.07, 6.45) is 0. The zero-order valence-corrected chi connectivity index (χ0v) is 11.2. The number of anilines is 1. The van der Waals surface area contributed by atoms with E-state index in [0.29, 0.717) is 16.6 Å². The molecule has 90 valence electrons. The van der Waals surface area contributed by atoms with Gasteiger partial charge in [0.2, 0.25) is 0 Å². The van der Waals surface area contributed by atoms with Gasteiger partial charge in [0.25, 0.3) is 0 Å². The highest BCUT2D eigenvalue weighted by molar-refractivity contribution is 9.10. The Labute approximate surface area is 109 Å². The molecule has 0 amide bonds. The van der Waals surface area contributed by atoms with Crippen molar-refractivity contribution in [1.82, 2.24) is 0 Å². The van der Waals surface area contributed by atoms with Gasteiger partial charge in [-0.25, -0.2) is 0 Å². The number of hydrogen-bond donors (Lipinski definition) is 1. The van der Waals surface area contributed by atoms with Crippen molar-refractivity contribution in [3.63, 3.8) is 0 Å². The summed E-state index contributed by atoms with van der Waals surface area (Å²) in [6.45, 7) is 2.09. The van der Waals surface area contributed by atoms with E-state index in [2.05, 4.69) is 22.0 Å². The maximum Gasteiger partial charge on any atom is 0.308 e.